The molecule has 0 unspecified atom stereocenters. The highest BCUT2D eigenvalue weighted by molar-refractivity contribution is 6.03. The first-order chi connectivity index (χ1) is 15.6. The highest BCUT2D eigenvalue weighted by Crippen LogP contribution is 2.27. The number of benzene rings is 2. The standard InChI is InChI=1S/C24H23FN6O/c1-16-14-21(29-31(16)18-8-4-2-5-9-18)24(32)26-17-11-12-20(25)19(15-17)23-28-27-22-10-6-3-7-13-30(22)23/h2,4-5,8-9,11-12,14-15H,3,6-7,10,13H2,1H3,(H,26,32). The molecule has 1 aliphatic rings. The van der Waals surface area contributed by atoms with Crippen molar-refractivity contribution < 1.29 is 9.18 Å². The van der Waals surface area contributed by atoms with E-state index in [1.165, 1.54) is 12.1 Å². The first-order valence-corrected chi connectivity index (χ1v) is 10.8. The molecule has 32 heavy (non-hydrogen) atoms. The molecule has 3 heterocycles. The van der Waals surface area contributed by atoms with Crippen molar-refractivity contribution >= 4 is 11.6 Å². The highest BCUT2D eigenvalue weighted by atomic mass is 19.1. The van der Waals surface area contributed by atoms with Crippen LogP contribution < -0.4 is 5.32 Å². The molecule has 0 bridgehead atoms. The summed E-state index contributed by atoms with van der Waals surface area (Å²) in [4.78, 5) is 12.9. The Hall–Kier alpha value is -3.81. The summed E-state index contributed by atoms with van der Waals surface area (Å²) in [5.41, 5.74) is 2.81. The van der Waals surface area contributed by atoms with Gasteiger partial charge in [-0.2, -0.15) is 5.10 Å². The van der Waals surface area contributed by atoms with E-state index in [0.717, 1.165) is 49.4 Å². The Kier molecular flexibility index (Phi) is 5.26. The average Bonchev–Trinajstić information content (AvgIpc) is 3.31. The minimum atomic E-state index is -0.397. The molecule has 2 aromatic heterocycles. The molecule has 4 aromatic rings. The van der Waals surface area contributed by atoms with Gasteiger partial charge in [0, 0.05) is 24.3 Å². The fourth-order valence-corrected chi connectivity index (χ4v) is 4.07. The van der Waals surface area contributed by atoms with Crippen molar-refractivity contribution in [2.24, 2.45) is 0 Å². The van der Waals surface area contributed by atoms with Crippen LogP contribution in [0.5, 0.6) is 0 Å². The maximum atomic E-state index is 14.7. The molecule has 1 amide bonds. The summed E-state index contributed by atoms with van der Waals surface area (Å²) < 4.78 is 18.4. The molecule has 0 aliphatic carbocycles. The number of halogens is 1. The molecule has 0 atom stereocenters. The van der Waals surface area contributed by atoms with Crippen molar-refractivity contribution in [2.75, 3.05) is 5.32 Å². The molecule has 0 saturated carbocycles. The quantitative estimate of drug-likeness (QED) is 0.515. The number of rotatable bonds is 4. The van der Waals surface area contributed by atoms with Crippen LogP contribution in [-0.4, -0.2) is 30.5 Å². The van der Waals surface area contributed by atoms with Gasteiger partial charge in [-0.3, -0.25) is 4.79 Å². The molecule has 0 spiro atoms. The van der Waals surface area contributed by atoms with Crippen LogP contribution in [0.25, 0.3) is 17.1 Å². The first-order valence-electron chi connectivity index (χ1n) is 10.8. The molecule has 0 saturated heterocycles. The van der Waals surface area contributed by atoms with E-state index < -0.39 is 5.82 Å². The number of hydrogen-bond acceptors (Lipinski definition) is 4. The van der Waals surface area contributed by atoms with Crippen LogP contribution in [0.1, 0.15) is 41.3 Å². The third kappa shape index (κ3) is 3.79. The predicted molar refractivity (Wildman–Crippen MR) is 119 cm³/mol. The van der Waals surface area contributed by atoms with Crippen LogP contribution in [0, 0.1) is 12.7 Å². The zero-order valence-corrected chi connectivity index (χ0v) is 17.8. The summed E-state index contributed by atoms with van der Waals surface area (Å²) in [5.74, 6) is 0.625. The number of aromatic nitrogens is 5. The number of para-hydroxylation sites is 1. The van der Waals surface area contributed by atoms with Crippen LogP contribution in [0.4, 0.5) is 10.1 Å². The molecule has 8 heteroatoms. The summed E-state index contributed by atoms with van der Waals surface area (Å²) >= 11 is 0. The second kappa shape index (κ2) is 8.37. The number of anilines is 1. The molecule has 162 valence electrons. The van der Waals surface area contributed by atoms with Gasteiger partial charge in [-0.05, 0) is 56.2 Å². The molecule has 5 rings (SSSR count). The Morgan fingerprint density at radius 3 is 2.72 bits per heavy atom. The fraction of sp³-hybridized carbons (Fsp3) is 0.250. The van der Waals surface area contributed by atoms with E-state index in [1.54, 1.807) is 16.8 Å². The van der Waals surface area contributed by atoms with Crippen molar-refractivity contribution in [3.8, 4) is 17.1 Å². The number of fused-ring (bicyclic) bond motifs is 1. The zero-order chi connectivity index (χ0) is 22.1. The van der Waals surface area contributed by atoms with E-state index in [0.29, 0.717) is 17.1 Å². The van der Waals surface area contributed by atoms with Crippen molar-refractivity contribution in [3.63, 3.8) is 0 Å². The number of carbonyl (C=O) groups excluding carboxylic acids is 1. The lowest BCUT2D eigenvalue weighted by atomic mass is 10.1. The van der Waals surface area contributed by atoms with E-state index >= 15 is 0 Å². The van der Waals surface area contributed by atoms with Crippen molar-refractivity contribution in [1.82, 2.24) is 24.5 Å². The van der Waals surface area contributed by atoms with Crippen molar-refractivity contribution in [2.45, 2.75) is 39.2 Å². The van der Waals surface area contributed by atoms with Gasteiger partial charge in [-0.25, -0.2) is 9.07 Å². The largest absolute Gasteiger partial charge is 0.321 e. The van der Waals surface area contributed by atoms with E-state index in [-0.39, 0.29) is 11.6 Å². The molecular formula is C24H23FN6O. The van der Waals surface area contributed by atoms with Gasteiger partial charge in [0.1, 0.15) is 11.6 Å². The van der Waals surface area contributed by atoms with Gasteiger partial charge in [-0.15, -0.1) is 10.2 Å². The molecule has 0 fully saturated rings. The predicted octanol–water partition coefficient (Wildman–Crippen LogP) is 4.56. The normalized spacial score (nSPS) is 13.4. The van der Waals surface area contributed by atoms with Gasteiger partial charge in [0.05, 0.1) is 11.3 Å². The van der Waals surface area contributed by atoms with Gasteiger partial charge in [0.25, 0.3) is 5.91 Å². The molecule has 1 N–H and O–H groups in total. The molecule has 0 radical (unpaired) electrons. The van der Waals surface area contributed by atoms with Crippen LogP contribution in [0.3, 0.4) is 0 Å². The van der Waals surface area contributed by atoms with Crippen LogP contribution in [0.2, 0.25) is 0 Å². The molecule has 1 aliphatic heterocycles. The minimum absolute atomic E-state index is 0.286. The van der Waals surface area contributed by atoms with Crippen molar-refractivity contribution in [3.05, 3.63) is 77.6 Å². The third-order valence-electron chi connectivity index (χ3n) is 5.70. The summed E-state index contributed by atoms with van der Waals surface area (Å²) in [6, 6.07) is 15.8. The Labute approximate surface area is 184 Å². The second-order valence-corrected chi connectivity index (χ2v) is 7.97. The Morgan fingerprint density at radius 2 is 1.88 bits per heavy atom. The zero-order valence-electron chi connectivity index (χ0n) is 17.8. The van der Waals surface area contributed by atoms with Crippen LogP contribution >= 0.6 is 0 Å². The lowest BCUT2D eigenvalue weighted by molar-refractivity contribution is 0.102. The van der Waals surface area contributed by atoms with Gasteiger partial charge < -0.3 is 9.88 Å². The van der Waals surface area contributed by atoms with Gasteiger partial charge in [-0.1, -0.05) is 24.6 Å². The Bertz CT molecular complexity index is 1280. The van der Waals surface area contributed by atoms with Gasteiger partial charge in [0.2, 0.25) is 0 Å². The second-order valence-electron chi connectivity index (χ2n) is 7.97. The molecule has 2 aromatic carbocycles. The first kappa shape index (κ1) is 20.1. The van der Waals surface area contributed by atoms with E-state index in [2.05, 4.69) is 20.6 Å². The number of hydrogen-bond donors (Lipinski definition) is 1. The van der Waals surface area contributed by atoms with Crippen LogP contribution in [-0.2, 0) is 13.0 Å². The van der Waals surface area contributed by atoms with E-state index in [9.17, 15) is 9.18 Å². The number of carbonyl (C=O) groups is 1. The van der Waals surface area contributed by atoms with E-state index in [1.807, 2.05) is 41.8 Å². The van der Waals surface area contributed by atoms with Crippen molar-refractivity contribution in [1.29, 1.82) is 0 Å². The smallest absolute Gasteiger partial charge is 0.276 e. The number of aryl methyl sites for hydroxylation is 2. The Balaban J connectivity index is 1.42. The SMILES string of the molecule is Cc1cc(C(=O)Nc2ccc(F)c(-c3nnc4n3CCCCC4)c2)nn1-c1ccccc1. The molecular weight excluding hydrogens is 407 g/mol. The summed E-state index contributed by atoms with van der Waals surface area (Å²) in [6.45, 7) is 2.66. The lowest BCUT2D eigenvalue weighted by Crippen LogP contribution is -2.13. The lowest BCUT2D eigenvalue weighted by Gasteiger charge is -2.10. The summed E-state index contributed by atoms with van der Waals surface area (Å²) in [6.07, 6.45) is 4.04. The Morgan fingerprint density at radius 1 is 1.03 bits per heavy atom. The van der Waals surface area contributed by atoms with E-state index in [4.69, 9.17) is 0 Å². The number of nitrogens with zero attached hydrogens (tertiary/aromatic N) is 5. The fourth-order valence-electron chi connectivity index (χ4n) is 4.07. The average molecular weight is 430 g/mol. The number of amides is 1. The topological polar surface area (TPSA) is 77.6 Å². The molecule has 7 nitrogen and oxygen atoms in total. The maximum absolute atomic E-state index is 14.7. The van der Waals surface area contributed by atoms with Crippen LogP contribution in [0.15, 0.2) is 54.6 Å². The maximum Gasteiger partial charge on any atom is 0.276 e. The monoisotopic (exact) mass is 430 g/mol. The van der Waals surface area contributed by atoms with Gasteiger partial charge >= 0.3 is 0 Å². The third-order valence-corrected chi connectivity index (χ3v) is 5.70. The van der Waals surface area contributed by atoms with Gasteiger partial charge in [0.15, 0.2) is 11.5 Å². The highest BCUT2D eigenvalue weighted by Gasteiger charge is 2.20. The summed E-state index contributed by atoms with van der Waals surface area (Å²) in [7, 11) is 0. The number of nitrogens with one attached hydrogen (secondary N) is 1. The summed E-state index contributed by atoms with van der Waals surface area (Å²) in [5, 5.41) is 15.8. The minimum Gasteiger partial charge on any atom is -0.321 e.